The Morgan fingerprint density at radius 1 is 0.743 bits per heavy atom. The number of hydrogen-bond acceptors (Lipinski definition) is 7. The molecule has 0 atom stereocenters. The number of sulfone groups is 1. The SMILES string of the molecule is Nc1nc(N2CCN(C(c3ccccc3)c3ccccc3)CC2)ncc1S(=O)(=O)c1ccccc1. The van der Waals surface area contributed by atoms with E-state index in [9.17, 15) is 8.42 Å². The van der Waals surface area contributed by atoms with Crippen molar-refractivity contribution in [2.75, 3.05) is 36.8 Å². The van der Waals surface area contributed by atoms with E-state index in [1.807, 2.05) is 12.1 Å². The zero-order valence-electron chi connectivity index (χ0n) is 19.2. The molecule has 8 heteroatoms. The van der Waals surface area contributed by atoms with E-state index >= 15 is 0 Å². The number of aromatic nitrogens is 2. The van der Waals surface area contributed by atoms with Gasteiger partial charge in [-0.2, -0.15) is 4.98 Å². The first-order valence-electron chi connectivity index (χ1n) is 11.6. The fourth-order valence-corrected chi connectivity index (χ4v) is 5.81. The van der Waals surface area contributed by atoms with Crippen LogP contribution in [-0.2, 0) is 9.84 Å². The lowest BCUT2D eigenvalue weighted by molar-refractivity contribution is 0.211. The average molecular weight is 486 g/mol. The van der Waals surface area contributed by atoms with Gasteiger partial charge >= 0.3 is 0 Å². The third kappa shape index (κ3) is 4.76. The predicted molar refractivity (Wildman–Crippen MR) is 137 cm³/mol. The first-order chi connectivity index (χ1) is 17.0. The summed E-state index contributed by atoms with van der Waals surface area (Å²) in [6.45, 7) is 3.03. The molecule has 4 aromatic rings. The molecule has 2 N–H and O–H groups in total. The number of piperazine rings is 1. The Kier molecular flexibility index (Phi) is 6.48. The molecule has 1 aliphatic heterocycles. The lowest BCUT2D eigenvalue weighted by Crippen LogP contribution is -2.48. The minimum Gasteiger partial charge on any atom is -0.382 e. The fraction of sp³-hybridized carbons (Fsp3) is 0.185. The van der Waals surface area contributed by atoms with Crippen LogP contribution >= 0.6 is 0 Å². The summed E-state index contributed by atoms with van der Waals surface area (Å²) in [5.74, 6) is 0.415. The molecule has 0 amide bonds. The van der Waals surface area contributed by atoms with Crippen LogP contribution in [-0.4, -0.2) is 49.5 Å². The second-order valence-corrected chi connectivity index (χ2v) is 10.4. The van der Waals surface area contributed by atoms with Crippen LogP contribution in [0.2, 0.25) is 0 Å². The molecule has 0 bridgehead atoms. The average Bonchev–Trinajstić information content (AvgIpc) is 2.91. The highest BCUT2D eigenvalue weighted by Crippen LogP contribution is 2.30. The Morgan fingerprint density at radius 2 is 1.26 bits per heavy atom. The maximum Gasteiger partial charge on any atom is 0.227 e. The highest BCUT2D eigenvalue weighted by Gasteiger charge is 2.28. The van der Waals surface area contributed by atoms with Gasteiger partial charge in [0.2, 0.25) is 15.8 Å². The Balaban J connectivity index is 1.34. The van der Waals surface area contributed by atoms with Gasteiger partial charge in [-0.15, -0.1) is 0 Å². The van der Waals surface area contributed by atoms with Crippen LogP contribution in [0.15, 0.2) is 107 Å². The second kappa shape index (κ2) is 9.85. The molecule has 0 aliphatic carbocycles. The third-order valence-electron chi connectivity index (χ3n) is 6.31. The highest BCUT2D eigenvalue weighted by molar-refractivity contribution is 7.91. The summed E-state index contributed by atoms with van der Waals surface area (Å²) in [5.41, 5.74) is 8.62. The molecule has 178 valence electrons. The number of nitrogens with zero attached hydrogens (tertiary/aromatic N) is 4. The summed E-state index contributed by atoms with van der Waals surface area (Å²) in [6.07, 6.45) is 1.32. The Morgan fingerprint density at radius 3 is 1.77 bits per heavy atom. The third-order valence-corrected chi connectivity index (χ3v) is 8.09. The van der Waals surface area contributed by atoms with Gasteiger partial charge in [0.05, 0.1) is 17.1 Å². The van der Waals surface area contributed by atoms with Gasteiger partial charge < -0.3 is 10.6 Å². The summed E-state index contributed by atoms with van der Waals surface area (Å²) in [4.78, 5) is 13.4. The van der Waals surface area contributed by atoms with Gasteiger partial charge in [-0.25, -0.2) is 13.4 Å². The molecule has 1 aliphatic rings. The van der Waals surface area contributed by atoms with Crippen molar-refractivity contribution in [2.24, 2.45) is 0 Å². The number of nitrogen functional groups attached to an aromatic ring is 1. The summed E-state index contributed by atoms with van der Waals surface area (Å²) in [7, 11) is -3.78. The van der Waals surface area contributed by atoms with Gasteiger partial charge in [-0.1, -0.05) is 78.9 Å². The van der Waals surface area contributed by atoms with Gasteiger partial charge in [-0.3, -0.25) is 4.90 Å². The lowest BCUT2D eigenvalue weighted by Gasteiger charge is -2.39. The van der Waals surface area contributed by atoms with Crippen molar-refractivity contribution in [2.45, 2.75) is 15.8 Å². The smallest absolute Gasteiger partial charge is 0.227 e. The molecule has 7 nitrogen and oxygen atoms in total. The van der Waals surface area contributed by atoms with Gasteiger partial charge in [-0.05, 0) is 23.3 Å². The van der Waals surface area contributed by atoms with E-state index in [4.69, 9.17) is 5.73 Å². The minimum atomic E-state index is -3.78. The van der Waals surface area contributed by atoms with Crippen LogP contribution in [0, 0.1) is 0 Å². The second-order valence-electron chi connectivity index (χ2n) is 8.48. The zero-order chi connectivity index (χ0) is 24.3. The van der Waals surface area contributed by atoms with Crippen molar-refractivity contribution in [3.05, 3.63) is 108 Å². The van der Waals surface area contributed by atoms with E-state index in [2.05, 4.69) is 68.3 Å². The maximum absolute atomic E-state index is 12.9. The Hall–Kier alpha value is -3.75. The maximum atomic E-state index is 12.9. The van der Waals surface area contributed by atoms with Crippen LogP contribution in [0.1, 0.15) is 17.2 Å². The van der Waals surface area contributed by atoms with Gasteiger partial charge in [0, 0.05) is 26.2 Å². The molecule has 35 heavy (non-hydrogen) atoms. The summed E-state index contributed by atoms with van der Waals surface area (Å²) in [6, 6.07) is 29.4. The molecule has 1 fully saturated rings. The molecular weight excluding hydrogens is 458 g/mol. The number of nitrogens with two attached hydrogens (primary N) is 1. The van der Waals surface area contributed by atoms with E-state index in [0.29, 0.717) is 19.0 Å². The topological polar surface area (TPSA) is 92.4 Å². The van der Waals surface area contributed by atoms with Crippen molar-refractivity contribution in [1.82, 2.24) is 14.9 Å². The molecule has 0 spiro atoms. The van der Waals surface area contributed by atoms with E-state index in [-0.39, 0.29) is 21.7 Å². The molecule has 1 aromatic heterocycles. The van der Waals surface area contributed by atoms with Crippen LogP contribution in [0.3, 0.4) is 0 Å². The molecule has 0 saturated carbocycles. The quantitative estimate of drug-likeness (QED) is 0.444. The fourth-order valence-electron chi connectivity index (χ4n) is 4.53. The molecular formula is C27H27N5O2S. The monoisotopic (exact) mass is 485 g/mol. The molecule has 3 aromatic carbocycles. The molecule has 0 unspecified atom stereocenters. The van der Waals surface area contributed by atoms with Gasteiger partial charge in [0.25, 0.3) is 0 Å². The predicted octanol–water partition coefficient (Wildman–Crippen LogP) is 3.80. The summed E-state index contributed by atoms with van der Waals surface area (Å²) >= 11 is 0. The van der Waals surface area contributed by atoms with E-state index in [0.717, 1.165) is 13.1 Å². The molecule has 2 heterocycles. The van der Waals surface area contributed by atoms with Crippen LogP contribution in [0.5, 0.6) is 0 Å². The molecule has 1 saturated heterocycles. The normalized spacial score (nSPS) is 14.8. The van der Waals surface area contributed by atoms with Crippen molar-refractivity contribution in [1.29, 1.82) is 0 Å². The van der Waals surface area contributed by atoms with Crippen molar-refractivity contribution in [3.8, 4) is 0 Å². The van der Waals surface area contributed by atoms with Gasteiger partial charge in [0.1, 0.15) is 10.7 Å². The number of anilines is 2. The number of hydrogen-bond donors (Lipinski definition) is 1. The van der Waals surface area contributed by atoms with Crippen LogP contribution in [0.25, 0.3) is 0 Å². The van der Waals surface area contributed by atoms with E-state index in [1.54, 1.807) is 18.2 Å². The van der Waals surface area contributed by atoms with Crippen molar-refractivity contribution < 1.29 is 8.42 Å². The first kappa shape index (κ1) is 23.0. The lowest BCUT2D eigenvalue weighted by atomic mass is 9.96. The Bertz CT molecular complexity index is 1340. The standard InChI is InChI=1S/C27H27N5O2S/c28-26-24(35(33,34)23-14-8-3-9-15-23)20-29-27(30-26)32-18-16-31(17-19-32)25(21-10-4-1-5-11-21)22-12-6-2-7-13-22/h1-15,20,25H,16-19H2,(H2,28,29,30). The largest absolute Gasteiger partial charge is 0.382 e. The van der Waals surface area contributed by atoms with Crippen LogP contribution < -0.4 is 10.6 Å². The number of rotatable bonds is 6. The highest BCUT2D eigenvalue weighted by atomic mass is 32.2. The van der Waals surface area contributed by atoms with Crippen LogP contribution in [0.4, 0.5) is 11.8 Å². The van der Waals surface area contributed by atoms with Crippen molar-refractivity contribution in [3.63, 3.8) is 0 Å². The molecule has 5 rings (SSSR count). The van der Waals surface area contributed by atoms with Gasteiger partial charge in [0.15, 0.2) is 0 Å². The number of benzene rings is 3. The minimum absolute atomic E-state index is 0.0345. The summed E-state index contributed by atoms with van der Waals surface area (Å²) < 4.78 is 25.9. The summed E-state index contributed by atoms with van der Waals surface area (Å²) in [5, 5.41) is 0. The zero-order valence-corrected chi connectivity index (χ0v) is 20.1. The first-order valence-corrected chi connectivity index (χ1v) is 13.0. The van der Waals surface area contributed by atoms with E-state index in [1.165, 1.54) is 29.5 Å². The van der Waals surface area contributed by atoms with Crippen molar-refractivity contribution >= 4 is 21.6 Å². The Labute approximate surface area is 205 Å². The molecule has 0 radical (unpaired) electrons. The van der Waals surface area contributed by atoms with E-state index < -0.39 is 9.84 Å².